The number of hydrogen-bond donors (Lipinski definition) is 0. The van der Waals surface area contributed by atoms with E-state index in [1.165, 1.54) is 91.6 Å². The summed E-state index contributed by atoms with van der Waals surface area (Å²) in [7, 11) is 18.0. The Hall–Kier alpha value is -3.53. The number of hydrogen-bond acceptors (Lipinski definition) is 0. The number of aryl methyl sites for hydroxylation is 2. The minimum absolute atomic E-state index is 0.0761. The van der Waals surface area contributed by atoms with E-state index in [0.717, 1.165) is 38.5 Å². The molecule has 60 heavy (non-hydrogen) atoms. The van der Waals surface area contributed by atoms with Crippen LogP contribution in [0.15, 0.2) is 139 Å². The van der Waals surface area contributed by atoms with Crippen molar-refractivity contribution >= 4 is 52.5 Å². The van der Waals surface area contributed by atoms with E-state index in [1.54, 1.807) is 0 Å². The molecule has 9 rings (SSSR count). The van der Waals surface area contributed by atoms with Crippen LogP contribution >= 0.6 is 17.2 Å². The van der Waals surface area contributed by atoms with Gasteiger partial charge in [-0.2, -0.15) is 0 Å². The number of halogens is 2. The molecule has 0 aromatic heterocycles. The average molecular weight is 1010 g/mol. The number of allylic oxidation sites excluding steroid dienone is 2. The Morgan fingerprint density at radius 2 is 0.933 bits per heavy atom. The zero-order valence-electron chi connectivity index (χ0n) is 36.3. The van der Waals surface area contributed by atoms with Crippen LogP contribution in [0.3, 0.4) is 0 Å². The first-order chi connectivity index (χ1) is 29.0. The third-order valence-electron chi connectivity index (χ3n) is 13.7. The van der Waals surface area contributed by atoms with E-state index in [0.29, 0.717) is 11.8 Å². The van der Waals surface area contributed by atoms with Gasteiger partial charge in [-0.25, -0.2) is 0 Å². The van der Waals surface area contributed by atoms with E-state index in [1.807, 2.05) is 0 Å². The van der Waals surface area contributed by atoms with Crippen molar-refractivity contribution in [3.05, 3.63) is 172 Å². The Morgan fingerprint density at radius 1 is 0.500 bits per heavy atom. The van der Waals surface area contributed by atoms with Crippen molar-refractivity contribution in [3.63, 3.8) is 0 Å². The van der Waals surface area contributed by atoms with Crippen molar-refractivity contribution in [2.75, 3.05) is 0 Å². The summed E-state index contributed by atoms with van der Waals surface area (Å²) in [5.41, 5.74) is 19.0. The number of fused-ring (bicyclic) bond motifs is 5. The molecule has 0 amide bonds. The van der Waals surface area contributed by atoms with Gasteiger partial charge in [-0.15, -0.1) is 0 Å². The van der Waals surface area contributed by atoms with Gasteiger partial charge in [0.2, 0.25) is 0 Å². The van der Waals surface area contributed by atoms with E-state index in [2.05, 4.69) is 181 Å². The molecule has 6 aromatic carbocycles. The summed E-state index contributed by atoms with van der Waals surface area (Å²) in [6.45, 7) is 14.0. The fourth-order valence-electron chi connectivity index (χ4n) is 11.6. The Balaban J connectivity index is 1.37. The summed E-state index contributed by atoms with van der Waals surface area (Å²) in [4.78, 5) is 0. The SMILES string of the molecule is CCCc1ccccc1-c1cccc2c1C=C(CC(C)C)[CH]2[Hf]([Cl])([Cl])([c]1cccc2c1[SiH2]c1ccccc1-2)[CH]1C(CC(C)C)=Cc2c(-c3ccccc3CCC)cccc21. The molecular weight excluding hydrogens is 950 g/mol. The van der Waals surface area contributed by atoms with Gasteiger partial charge < -0.3 is 0 Å². The average Bonchev–Trinajstić information content (AvgIpc) is 3.93. The zero-order chi connectivity index (χ0) is 41.8. The maximum absolute atomic E-state index is 9.46. The summed E-state index contributed by atoms with van der Waals surface area (Å²) >= 11 is -5.84. The molecule has 2 unspecified atom stereocenters. The van der Waals surface area contributed by atoms with Crippen molar-refractivity contribution < 1.29 is 16.1 Å². The minimum atomic E-state index is -5.84. The Bertz CT molecular complexity index is 2550. The first-order valence-corrected chi connectivity index (χ1v) is 38.9. The van der Waals surface area contributed by atoms with Gasteiger partial charge in [-0.05, 0) is 0 Å². The van der Waals surface area contributed by atoms with Gasteiger partial charge in [0, 0.05) is 0 Å². The monoisotopic (exact) mass is 1010 g/mol. The third-order valence-corrected chi connectivity index (χ3v) is 45.4. The number of rotatable bonds is 13. The molecule has 4 heteroatoms. The molecule has 305 valence electrons. The third kappa shape index (κ3) is 6.97. The fourth-order valence-corrected chi connectivity index (χ4v) is 50.5. The molecule has 2 aliphatic carbocycles. The molecule has 0 fully saturated rings. The van der Waals surface area contributed by atoms with Crippen molar-refractivity contribution in [3.8, 4) is 33.4 Å². The predicted molar refractivity (Wildman–Crippen MR) is 263 cm³/mol. The van der Waals surface area contributed by atoms with Crippen LogP contribution in [-0.2, 0) is 29.0 Å². The van der Waals surface area contributed by atoms with Crippen LogP contribution in [0.2, 0.25) is 0 Å². The quantitative estimate of drug-likeness (QED) is 0.101. The summed E-state index contributed by atoms with van der Waals surface area (Å²) < 4.78 is 1.17. The molecule has 2 atom stereocenters. The molecule has 0 saturated heterocycles. The molecule has 1 aliphatic heterocycles. The Labute approximate surface area is 370 Å². The summed E-state index contributed by atoms with van der Waals surface area (Å²) in [5, 5.41) is 2.99. The number of benzene rings is 6. The van der Waals surface area contributed by atoms with Crippen LogP contribution in [0, 0.1) is 11.8 Å². The molecule has 6 aromatic rings. The van der Waals surface area contributed by atoms with Gasteiger partial charge in [-0.3, -0.25) is 0 Å². The predicted octanol–water partition coefficient (Wildman–Crippen LogP) is 14.0. The maximum atomic E-state index is 9.46. The molecule has 0 spiro atoms. The van der Waals surface area contributed by atoms with Crippen LogP contribution in [-0.4, -0.2) is 9.52 Å². The molecule has 0 radical (unpaired) electrons. The zero-order valence-corrected chi connectivity index (χ0v) is 42.8. The topological polar surface area (TPSA) is 0 Å². The van der Waals surface area contributed by atoms with E-state index in [4.69, 9.17) is 0 Å². The van der Waals surface area contributed by atoms with Crippen molar-refractivity contribution in [2.45, 2.75) is 87.4 Å². The Morgan fingerprint density at radius 3 is 1.43 bits per heavy atom. The fraction of sp³-hybridized carbons (Fsp3) is 0.286. The van der Waals surface area contributed by atoms with Gasteiger partial charge in [0.1, 0.15) is 0 Å². The van der Waals surface area contributed by atoms with Crippen LogP contribution in [0.5, 0.6) is 0 Å². The van der Waals surface area contributed by atoms with Gasteiger partial charge >= 0.3 is 373 Å². The Kier molecular flexibility index (Phi) is 11.6. The van der Waals surface area contributed by atoms with Crippen molar-refractivity contribution in [1.29, 1.82) is 0 Å². The summed E-state index contributed by atoms with van der Waals surface area (Å²) in [6.07, 6.45) is 11.4. The van der Waals surface area contributed by atoms with E-state index in [-0.39, 0.29) is 7.35 Å². The first-order valence-electron chi connectivity index (χ1n) is 22.6. The molecule has 0 nitrogen and oxygen atoms in total. The molecule has 0 saturated carbocycles. The summed E-state index contributed by atoms with van der Waals surface area (Å²) in [6, 6.07) is 48.4. The second-order valence-corrected chi connectivity index (χ2v) is 49.9. The van der Waals surface area contributed by atoms with Crippen LogP contribution in [0.1, 0.15) is 108 Å². The standard InChI is InChI=1S/2C22H25.C12H9Si.2ClH.Hf/c2*1-4-8-18-9-5-6-11-20(18)21-12-7-10-19-14-17(13-16(2)3)15-22(19)21;1-3-7-11-9(5-1)10-6-2-4-8-12(10)13-11;;;/h2*5-7,9-12,14-16H,4,8,13H2,1-3H3;1-7H,13H2;2*1H;/q;;;;;+2/p-2. The van der Waals surface area contributed by atoms with Gasteiger partial charge in [0.25, 0.3) is 0 Å². The van der Waals surface area contributed by atoms with E-state index in [9.17, 15) is 17.2 Å². The van der Waals surface area contributed by atoms with Crippen LogP contribution in [0.4, 0.5) is 0 Å². The van der Waals surface area contributed by atoms with Gasteiger partial charge in [0.05, 0.1) is 0 Å². The molecule has 0 bridgehead atoms. The van der Waals surface area contributed by atoms with Gasteiger partial charge in [-0.1, -0.05) is 0 Å². The molecular formula is C56H59Cl2HfSi. The molecule has 1 heterocycles. The molecule has 0 N–H and O–H groups in total. The second-order valence-electron chi connectivity index (χ2n) is 18.7. The van der Waals surface area contributed by atoms with E-state index >= 15 is 0 Å². The van der Waals surface area contributed by atoms with Crippen LogP contribution < -0.4 is 13.7 Å². The van der Waals surface area contributed by atoms with Crippen molar-refractivity contribution in [2.24, 2.45) is 11.8 Å². The second kappa shape index (κ2) is 16.6. The van der Waals surface area contributed by atoms with Gasteiger partial charge in [0.15, 0.2) is 0 Å². The summed E-state index contributed by atoms with van der Waals surface area (Å²) in [5.74, 6) is 0.891. The van der Waals surface area contributed by atoms with Crippen molar-refractivity contribution in [1.82, 2.24) is 0 Å². The first kappa shape index (κ1) is 41.8. The van der Waals surface area contributed by atoms with E-state index < -0.39 is 25.7 Å². The normalized spacial score (nSPS) is 17.6. The van der Waals surface area contributed by atoms with Crippen LogP contribution in [0.25, 0.3) is 45.5 Å². The molecule has 3 aliphatic rings.